The van der Waals surface area contributed by atoms with E-state index in [1.807, 2.05) is 0 Å². The number of hydrogen-bond acceptors (Lipinski definition) is 5. The van der Waals surface area contributed by atoms with Crippen molar-refractivity contribution in [3.63, 3.8) is 0 Å². The van der Waals surface area contributed by atoms with Gasteiger partial charge in [-0.3, -0.25) is 0 Å². The van der Waals surface area contributed by atoms with Crippen LogP contribution in [0.4, 0.5) is 6.01 Å². The molecule has 0 saturated heterocycles. The lowest BCUT2D eigenvalue weighted by Crippen LogP contribution is -1.97. The van der Waals surface area contributed by atoms with Gasteiger partial charge in [0.2, 0.25) is 5.89 Å². The monoisotopic (exact) mass is 271 g/mol. The van der Waals surface area contributed by atoms with Crippen molar-refractivity contribution in [1.82, 2.24) is 10.2 Å². The van der Waals surface area contributed by atoms with Gasteiger partial charge in [0.1, 0.15) is 0 Å². The lowest BCUT2D eigenvalue weighted by molar-refractivity contribution is 0.512. The molecule has 0 saturated carbocycles. The Labute approximate surface area is 109 Å². The summed E-state index contributed by atoms with van der Waals surface area (Å²) in [6.07, 6.45) is 0.605. The van der Waals surface area contributed by atoms with Crippen LogP contribution in [-0.4, -0.2) is 16.1 Å². The highest BCUT2D eigenvalue weighted by atomic mass is 35.5. The Morgan fingerprint density at radius 2 is 2.24 bits per heavy atom. The summed E-state index contributed by atoms with van der Waals surface area (Å²) in [6, 6.07) is 2.62. The molecular weight excluding hydrogens is 258 g/mol. The van der Waals surface area contributed by atoms with Gasteiger partial charge in [0, 0.05) is 22.1 Å². The smallest absolute Gasteiger partial charge is 0.315 e. The first-order valence-corrected chi connectivity index (χ1v) is 6.72. The van der Waals surface area contributed by atoms with Gasteiger partial charge in [0.05, 0.1) is 6.54 Å². The average Bonchev–Trinajstić information content (AvgIpc) is 2.85. The molecule has 17 heavy (non-hydrogen) atoms. The van der Waals surface area contributed by atoms with Crippen molar-refractivity contribution < 1.29 is 4.42 Å². The van der Waals surface area contributed by atoms with Crippen LogP contribution in [0.1, 0.15) is 21.2 Å². The van der Waals surface area contributed by atoms with Crippen LogP contribution >= 0.6 is 22.9 Å². The lowest BCUT2D eigenvalue weighted by Gasteiger charge is -1.97. The molecule has 2 aromatic heterocycles. The minimum atomic E-state index is 0.453. The van der Waals surface area contributed by atoms with Crippen molar-refractivity contribution in [3.8, 4) is 0 Å². The van der Waals surface area contributed by atoms with E-state index < -0.39 is 0 Å². The summed E-state index contributed by atoms with van der Waals surface area (Å²) in [5.74, 6) is 1.06. The molecule has 6 heteroatoms. The minimum absolute atomic E-state index is 0.453. The second-order valence-electron chi connectivity index (χ2n) is 3.75. The van der Waals surface area contributed by atoms with E-state index in [0.29, 0.717) is 30.8 Å². The number of hydrogen-bond donors (Lipinski definition) is 1. The normalized spacial score (nSPS) is 10.8. The molecule has 2 heterocycles. The minimum Gasteiger partial charge on any atom is -0.408 e. The number of nitrogens with zero attached hydrogens (tertiary/aromatic N) is 2. The number of alkyl halides is 1. The fourth-order valence-electron chi connectivity index (χ4n) is 1.41. The maximum atomic E-state index is 5.59. The molecule has 4 nitrogen and oxygen atoms in total. The number of thiophene rings is 1. The van der Waals surface area contributed by atoms with Gasteiger partial charge in [-0.15, -0.1) is 28.0 Å². The molecule has 0 fully saturated rings. The largest absolute Gasteiger partial charge is 0.408 e. The van der Waals surface area contributed by atoms with Crippen molar-refractivity contribution in [2.45, 2.75) is 26.8 Å². The van der Waals surface area contributed by atoms with E-state index in [2.05, 4.69) is 35.4 Å². The third-order valence-corrected chi connectivity index (χ3v) is 3.75. The first-order valence-electron chi connectivity index (χ1n) is 5.37. The Morgan fingerprint density at radius 3 is 2.88 bits per heavy atom. The Kier molecular flexibility index (Phi) is 4.02. The maximum Gasteiger partial charge on any atom is 0.315 e. The van der Waals surface area contributed by atoms with E-state index >= 15 is 0 Å². The zero-order valence-electron chi connectivity index (χ0n) is 9.79. The summed E-state index contributed by atoms with van der Waals surface area (Å²) in [4.78, 5) is 2.60. The molecule has 1 N–H and O–H groups in total. The molecule has 0 aromatic carbocycles. The van der Waals surface area contributed by atoms with Crippen molar-refractivity contribution in [2.75, 3.05) is 11.2 Å². The van der Waals surface area contributed by atoms with Gasteiger partial charge in [0.15, 0.2) is 0 Å². The zero-order chi connectivity index (χ0) is 12.3. The highest BCUT2D eigenvalue weighted by Crippen LogP contribution is 2.21. The Hall–Kier alpha value is -1.07. The lowest BCUT2D eigenvalue weighted by atomic mass is 10.3. The van der Waals surface area contributed by atoms with Crippen LogP contribution in [0.15, 0.2) is 10.5 Å². The van der Waals surface area contributed by atoms with Gasteiger partial charge in [-0.2, -0.15) is 0 Å². The van der Waals surface area contributed by atoms with Crippen molar-refractivity contribution >= 4 is 29.0 Å². The molecule has 92 valence electrons. The molecule has 0 amide bonds. The molecule has 0 atom stereocenters. The van der Waals surface area contributed by atoms with Gasteiger partial charge in [-0.1, -0.05) is 5.10 Å². The third kappa shape index (κ3) is 3.20. The van der Waals surface area contributed by atoms with E-state index in [1.165, 1.54) is 15.3 Å². The molecule has 0 radical (unpaired) electrons. The van der Waals surface area contributed by atoms with Crippen LogP contribution in [0.25, 0.3) is 0 Å². The van der Waals surface area contributed by atoms with E-state index in [1.54, 1.807) is 11.3 Å². The predicted molar refractivity (Wildman–Crippen MR) is 69.8 cm³/mol. The second-order valence-corrected chi connectivity index (χ2v) is 5.46. The van der Waals surface area contributed by atoms with Gasteiger partial charge in [-0.25, -0.2) is 0 Å². The summed E-state index contributed by atoms with van der Waals surface area (Å²) in [5.41, 5.74) is 1.32. The molecule has 2 aromatic rings. The van der Waals surface area contributed by atoms with Gasteiger partial charge < -0.3 is 9.73 Å². The number of rotatable bonds is 5. The highest BCUT2D eigenvalue weighted by Gasteiger charge is 2.06. The SMILES string of the molecule is Cc1cc(CNc2nnc(CCCl)o2)sc1C. The fourth-order valence-corrected chi connectivity index (χ4v) is 2.56. The van der Waals surface area contributed by atoms with Gasteiger partial charge in [-0.05, 0) is 25.5 Å². The van der Waals surface area contributed by atoms with Crippen LogP contribution in [-0.2, 0) is 13.0 Å². The standard InChI is InChI=1S/C11H14ClN3OS/c1-7-5-9(17-8(7)2)6-13-11-15-14-10(16-11)3-4-12/h5H,3-4,6H2,1-2H3,(H,13,15). The van der Waals surface area contributed by atoms with Crippen LogP contribution in [0.3, 0.4) is 0 Å². The third-order valence-electron chi connectivity index (χ3n) is 2.41. The van der Waals surface area contributed by atoms with E-state index in [0.717, 1.165) is 0 Å². The number of halogens is 1. The molecule has 0 bridgehead atoms. The maximum absolute atomic E-state index is 5.59. The molecule has 0 aliphatic heterocycles. The van der Waals surface area contributed by atoms with E-state index in [9.17, 15) is 0 Å². The quantitative estimate of drug-likeness (QED) is 0.849. The molecule has 0 spiro atoms. The van der Waals surface area contributed by atoms with Crippen LogP contribution in [0, 0.1) is 13.8 Å². The number of nitrogens with one attached hydrogen (secondary N) is 1. The molecule has 0 aliphatic carbocycles. The van der Waals surface area contributed by atoms with E-state index in [4.69, 9.17) is 16.0 Å². The van der Waals surface area contributed by atoms with Crippen molar-refractivity contribution in [1.29, 1.82) is 0 Å². The fraction of sp³-hybridized carbons (Fsp3) is 0.455. The Bertz CT molecular complexity index is 475. The van der Waals surface area contributed by atoms with Crippen LogP contribution in [0.5, 0.6) is 0 Å². The second kappa shape index (κ2) is 5.51. The topological polar surface area (TPSA) is 51.0 Å². The van der Waals surface area contributed by atoms with Crippen molar-refractivity contribution in [3.05, 3.63) is 27.3 Å². The number of aryl methyl sites for hydroxylation is 3. The molecule has 0 aliphatic rings. The first kappa shape index (κ1) is 12.4. The summed E-state index contributed by atoms with van der Waals surface area (Å²) in [6.45, 7) is 4.94. The van der Waals surface area contributed by atoms with Gasteiger partial charge in [0.25, 0.3) is 0 Å². The Balaban J connectivity index is 1.92. The van der Waals surface area contributed by atoms with E-state index in [-0.39, 0.29) is 0 Å². The zero-order valence-corrected chi connectivity index (χ0v) is 11.4. The van der Waals surface area contributed by atoms with Crippen molar-refractivity contribution in [2.24, 2.45) is 0 Å². The molecular formula is C11H14ClN3OS. The van der Waals surface area contributed by atoms with Gasteiger partial charge >= 0.3 is 6.01 Å². The first-order chi connectivity index (χ1) is 8.19. The summed E-state index contributed by atoms with van der Waals surface area (Å²) < 4.78 is 5.37. The highest BCUT2D eigenvalue weighted by molar-refractivity contribution is 7.12. The van der Waals surface area contributed by atoms with Crippen LogP contribution < -0.4 is 5.32 Å². The predicted octanol–water partition coefficient (Wildman–Crippen LogP) is 3.14. The summed E-state index contributed by atoms with van der Waals surface area (Å²) in [7, 11) is 0. The molecule has 2 rings (SSSR count). The summed E-state index contributed by atoms with van der Waals surface area (Å²) in [5, 5.41) is 10.9. The van der Waals surface area contributed by atoms with Crippen LogP contribution in [0.2, 0.25) is 0 Å². The number of anilines is 1. The Morgan fingerprint density at radius 1 is 1.41 bits per heavy atom. The average molecular weight is 272 g/mol. The number of aromatic nitrogens is 2. The summed E-state index contributed by atoms with van der Waals surface area (Å²) >= 11 is 7.37. The molecule has 0 unspecified atom stereocenters.